The molecule has 0 atom stereocenters. The fourth-order valence-corrected chi connectivity index (χ4v) is 1.37. The van der Waals surface area contributed by atoms with Gasteiger partial charge in [0, 0.05) is 5.69 Å². The molecule has 0 saturated carbocycles. The van der Waals surface area contributed by atoms with Crippen molar-refractivity contribution in [3.05, 3.63) is 54.0 Å². The molecule has 0 unspecified atom stereocenters. The van der Waals surface area contributed by atoms with Crippen molar-refractivity contribution < 1.29 is 17.6 Å². The Morgan fingerprint density at radius 1 is 1.00 bits per heavy atom. The van der Waals surface area contributed by atoms with Crippen LogP contribution in [0.5, 0.6) is 0 Å². The number of para-hydroxylation sites is 1. The van der Waals surface area contributed by atoms with E-state index in [-0.39, 0.29) is 12.3 Å². The number of hydrogen-bond donors (Lipinski definition) is 1. The first-order valence-corrected chi connectivity index (χ1v) is 5.00. The second-order valence-corrected chi connectivity index (χ2v) is 3.48. The summed E-state index contributed by atoms with van der Waals surface area (Å²) in [7, 11) is 0. The lowest BCUT2D eigenvalue weighted by atomic mass is 10.3. The van der Waals surface area contributed by atoms with Crippen LogP contribution in [0.3, 0.4) is 0 Å². The summed E-state index contributed by atoms with van der Waals surface area (Å²) in [4.78, 5) is 0. The van der Waals surface area contributed by atoms with Crippen LogP contribution < -0.4 is 5.32 Å². The molecule has 0 amide bonds. The molecule has 0 radical (unpaired) electrons. The number of furan rings is 1. The Morgan fingerprint density at radius 3 is 2.29 bits per heavy atom. The molecule has 17 heavy (non-hydrogen) atoms. The first-order valence-electron chi connectivity index (χ1n) is 5.00. The fourth-order valence-electron chi connectivity index (χ4n) is 1.37. The molecule has 1 aromatic carbocycles. The summed E-state index contributed by atoms with van der Waals surface area (Å²) < 4.78 is 41.4. The summed E-state index contributed by atoms with van der Waals surface area (Å²) in [6.45, 7) is 0.222. The van der Waals surface area contributed by atoms with Crippen LogP contribution in [0.4, 0.5) is 18.9 Å². The quantitative estimate of drug-likeness (QED) is 0.881. The van der Waals surface area contributed by atoms with Crippen LogP contribution >= 0.6 is 0 Å². The van der Waals surface area contributed by atoms with Gasteiger partial charge in [-0.25, -0.2) is 0 Å². The van der Waals surface area contributed by atoms with Crippen LogP contribution in [0.1, 0.15) is 11.5 Å². The van der Waals surface area contributed by atoms with Crippen molar-refractivity contribution >= 4 is 5.69 Å². The zero-order valence-corrected chi connectivity index (χ0v) is 8.79. The van der Waals surface area contributed by atoms with Gasteiger partial charge in [0.25, 0.3) is 0 Å². The SMILES string of the molecule is FC(F)(F)c1ccc(CNc2ccccc2)o1. The van der Waals surface area contributed by atoms with Gasteiger partial charge in [-0.2, -0.15) is 13.2 Å². The Labute approximate surface area is 96.1 Å². The fraction of sp³-hybridized carbons (Fsp3) is 0.167. The predicted molar refractivity (Wildman–Crippen MR) is 57.5 cm³/mol. The van der Waals surface area contributed by atoms with E-state index in [2.05, 4.69) is 9.73 Å². The van der Waals surface area contributed by atoms with Gasteiger partial charge in [-0.3, -0.25) is 0 Å². The minimum absolute atomic E-state index is 0.222. The van der Waals surface area contributed by atoms with Crippen molar-refractivity contribution in [1.29, 1.82) is 0 Å². The number of nitrogens with one attached hydrogen (secondary N) is 1. The molecule has 0 spiro atoms. The molecule has 0 aliphatic heterocycles. The summed E-state index contributed by atoms with van der Waals surface area (Å²) in [5.41, 5.74) is 0.831. The van der Waals surface area contributed by atoms with Gasteiger partial charge in [0.05, 0.1) is 6.54 Å². The second-order valence-electron chi connectivity index (χ2n) is 3.48. The maximum atomic E-state index is 12.3. The molecule has 0 saturated heterocycles. The number of halogens is 3. The predicted octanol–water partition coefficient (Wildman–Crippen LogP) is 3.91. The number of benzene rings is 1. The zero-order chi connectivity index (χ0) is 12.3. The normalized spacial score (nSPS) is 11.5. The Morgan fingerprint density at radius 2 is 1.71 bits per heavy atom. The lowest BCUT2D eigenvalue weighted by Gasteiger charge is -2.04. The lowest BCUT2D eigenvalue weighted by Crippen LogP contribution is -2.02. The largest absolute Gasteiger partial charge is 0.455 e. The standard InChI is InChI=1S/C12H10F3NO/c13-12(14,15)11-7-6-10(17-11)8-16-9-4-2-1-3-5-9/h1-7,16H,8H2. The van der Waals surface area contributed by atoms with E-state index < -0.39 is 11.9 Å². The summed E-state index contributed by atoms with van der Waals surface area (Å²) >= 11 is 0. The highest BCUT2D eigenvalue weighted by atomic mass is 19.4. The average Bonchev–Trinajstić information content (AvgIpc) is 2.76. The number of anilines is 1. The van der Waals surface area contributed by atoms with E-state index >= 15 is 0 Å². The van der Waals surface area contributed by atoms with Crippen molar-refractivity contribution in [2.75, 3.05) is 5.32 Å². The number of hydrogen-bond acceptors (Lipinski definition) is 2. The third-order valence-electron chi connectivity index (χ3n) is 2.18. The molecular formula is C12H10F3NO. The maximum absolute atomic E-state index is 12.3. The topological polar surface area (TPSA) is 25.2 Å². The molecular weight excluding hydrogens is 231 g/mol. The van der Waals surface area contributed by atoms with Crippen LogP contribution in [0.2, 0.25) is 0 Å². The molecule has 90 valence electrons. The Hall–Kier alpha value is -1.91. The molecule has 1 N–H and O–H groups in total. The Kier molecular flexibility index (Phi) is 3.08. The van der Waals surface area contributed by atoms with Gasteiger partial charge in [-0.15, -0.1) is 0 Å². The van der Waals surface area contributed by atoms with Gasteiger partial charge in [-0.05, 0) is 24.3 Å². The molecule has 5 heteroatoms. The van der Waals surface area contributed by atoms with Crippen molar-refractivity contribution in [3.8, 4) is 0 Å². The molecule has 0 bridgehead atoms. The van der Waals surface area contributed by atoms with Crippen LogP contribution in [0.15, 0.2) is 46.9 Å². The summed E-state index contributed by atoms with van der Waals surface area (Å²) in [5, 5.41) is 2.96. The molecule has 2 rings (SSSR count). The second kappa shape index (κ2) is 4.53. The minimum atomic E-state index is -4.43. The van der Waals surface area contributed by atoms with Crippen LogP contribution in [-0.2, 0) is 12.7 Å². The Bertz CT molecular complexity index is 476. The van der Waals surface area contributed by atoms with Crippen molar-refractivity contribution in [3.63, 3.8) is 0 Å². The molecule has 1 heterocycles. The summed E-state index contributed by atoms with van der Waals surface area (Å²) in [6.07, 6.45) is -4.43. The average molecular weight is 241 g/mol. The summed E-state index contributed by atoms with van der Waals surface area (Å²) in [6, 6.07) is 11.4. The monoisotopic (exact) mass is 241 g/mol. The molecule has 1 aromatic heterocycles. The van der Waals surface area contributed by atoms with Crippen LogP contribution in [0, 0.1) is 0 Å². The molecule has 2 aromatic rings. The maximum Gasteiger partial charge on any atom is 0.449 e. The minimum Gasteiger partial charge on any atom is -0.455 e. The smallest absolute Gasteiger partial charge is 0.449 e. The van der Waals surface area contributed by atoms with E-state index in [1.54, 1.807) is 0 Å². The highest BCUT2D eigenvalue weighted by Gasteiger charge is 2.34. The van der Waals surface area contributed by atoms with E-state index in [4.69, 9.17) is 0 Å². The van der Waals surface area contributed by atoms with Gasteiger partial charge in [0.2, 0.25) is 5.76 Å². The van der Waals surface area contributed by atoms with Gasteiger partial charge in [0.15, 0.2) is 0 Å². The van der Waals surface area contributed by atoms with Crippen molar-refractivity contribution in [2.45, 2.75) is 12.7 Å². The highest BCUT2D eigenvalue weighted by molar-refractivity contribution is 5.42. The van der Waals surface area contributed by atoms with Gasteiger partial charge in [-0.1, -0.05) is 18.2 Å². The van der Waals surface area contributed by atoms with Crippen molar-refractivity contribution in [1.82, 2.24) is 0 Å². The van der Waals surface area contributed by atoms with Crippen molar-refractivity contribution in [2.24, 2.45) is 0 Å². The highest BCUT2D eigenvalue weighted by Crippen LogP contribution is 2.30. The molecule has 2 nitrogen and oxygen atoms in total. The van der Waals surface area contributed by atoms with E-state index in [1.165, 1.54) is 6.07 Å². The number of alkyl halides is 3. The lowest BCUT2D eigenvalue weighted by molar-refractivity contribution is -0.153. The third kappa shape index (κ3) is 3.03. The summed E-state index contributed by atoms with van der Waals surface area (Å²) in [5.74, 6) is -0.719. The Balaban J connectivity index is 1.99. The van der Waals surface area contributed by atoms with E-state index in [9.17, 15) is 13.2 Å². The molecule has 0 aliphatic rings. The molecule has 0 fully saturated rings. The van der Waals surface area contributed by atoms with Crippen LogP contribution in [0.25, 0.3) is 0 Å². The van der Waals surface area contributed by atoms with Gasteiger partial charge >= 0.3 is 6.18 Å². The van der Waals surface area contributed by atoms with E-state index in [0.717, 1.165) is 11.8 Å². The first kappa shape index (κ1) is 11.6. The van der Waals surface area contributed by atoms with E-state index in [0.29, 0.717) is 0 Å². The zero-order valence-electron chi connectivity index (χ0n) is 8.79. The molecule has 0 aliphatic carbocycles. The third-order valence-corrected chi connectivity index (χ3v) is 2.18. The van der Waals surface area contributed by atoms with Crippen LogP contribution in [-0.4, -0.2) is 0 Å². The van der Waals surface area contributed by atoms with Gasteiger partial charge in [0.1, 0.15) is 5.76 Å². The van der Waals surface area contributed by atoms with Gasteiger partial charge < -0.3 is 9.73 Å². The van der Waals surface area contributed by atoms with E-state index in [1.807, 2.05) is 30.3 Å². The first-order chi connectivity index (χ1) is 8.05. The number of rotatable bonds is 3.